The lowest BCUT2D eigenvalue weighted by atomic mass is 10.1. The molecule has 0 bridgehead atoms. The summed E-state index contributed by atoms with van der Waals surface area (Å²) in [6, 6.07) is 0. The number of nitrogens with one attached hydrogen (secondary N) is 1. The maximum absolute atomic E-state index is 11.0. The van der Waals surface area contributed by atoms with E-state index in [-0.39, 0.29) is 30.1 Å². The predicted octanol–water partition coefficient (Wildman–Crippen LogP) is 1.37. The minimum absolute atomic E-state index is 0.0265. The summed E-state index contributed by atoms with van der Waals surface area (Å²) < 4.78 is 10.9. The van der Waals surface area contributed by atoms with E-state index in [0.29, 0.717) is 6.61 Å². The van der Waals surface area contributed by atoms with Crippen LogP contribution in [0.25, 0.3) is 0 Å². The minimum atomic E-state index is -0.553. The van der Waals surface area contributed by atoms with Crippen LogP contribution < -0.4 is 10.1 Å². The quantitative estimate of drug-likeness (QED) is 0.636. The Balaban J connectivity index is 2.08. The van der Waals surface area contributed by atoms with Crippen LogP contribution in [0.3, 0.4) is 0 Å². The van der Waals surface area contributed by atoms with E-state index in [0.717, 1.165) is 19.3 Å². The number of hydrogen-bond donors (Lipinski definition) is 1. The van der Waals surface area contributed by atoms with Crippen molar-refractivity contribution in [3.63, 3.8) is 0 Å². The van der Waals surface area contributed by atoms with Gasteiger partial charge in [-0.3, -0.25) is 10.1 Å². The highest BCUT2D eigenvalue weighted by Gasteiger charge is 2.25. The topological polar surface area (TPSA) is 99.4 Å². The summed E-state index contributed by atoms with van der Waals surface area (Å²) in [5.74, 6) is 0.109. The molecule has 1 aliphatic rings. The molecule has 2 heterocycles. The van der Waals surface area contributed by atoms with Crippen molar-refractivity contribution < 1.29 is 14.4 Å². The van der Waals surface area contributed by atoms with Crippen LogP contribution >= 0.6 is 0 Å². The first kappa shape index (κ1) is 13.5. The summed E-state index contributed by atoms with van der Waals surface area (Å²) in [6.07, 6.45) is 4.24. The van der Waals surface area contributed by atoms with Gasteiger partial charge < -0.3 is 14.8 Å². The van der Waals surface area contributed by atoms with Crippen molar-refractivity contribution in [2.45, 2.75) is 25.4 Å². The van der Waals surface area contributed by atoms with Gasteiger partial charge in [0.25, 0.3) is 5.88 Å². The van der Waals surface area contributed by atoms with Crippen LogP contribution in [0.5, 0.6) is 5.88 Å². The Morgan fingerprint density at radius 2 is 2.42 bits per heavy atom. The largest absolute Gasteiger partial charge is 0.470 e. The number of nitrogens with zero attached hydrogens (tertiary/aromatic N) is 3. The maximum Gasteiger partial charge on any atom is 0.372 e. The van der Waals surface area contributed by atoms with E-state index in [2.05, 4.69) is 15.3 Å². The van der Waals surface area contributed by atoms with Crippen LogP contribution in [-0.4, -0.2) is 41.3 Å². The highest BCUT2D eigenvalue weighted by molar-refractivity contribution is 5.60. The van der Waals surface area contributed by atoms with E-state index >= 15 is 0 Å². The number of nitro groups is 1. The summed E-state index contributed by atoms with van der Waals surface area (Å²) in [7, 11) is 1.56. The zero-order chi connectivity index (χ0) is 13.7. The Kier molecular flexibility index (Phi) is 4.45. The van der Waals surface area contributed by atoms with E-state index in [9.17, 15) is 10.1 Å². The lowest BCUT2D eigenvalue weighted by Gasteiger charge is -2.22. The Bertz CT molecular complexity index is 448. The maximum atomic E-state index is 11.0. The van der Waals surface area contributed by atoms with Crippen LogP contribution in [0.2, 0.25) is 0 Å². The summed E-state index contributed by atoms with van der Waals surface area (Å²) in [6.45, 7) is 0.975. The van der Waals surface area contributed by atoms with Gasteiger partial charge in [0.15, 0.2) is 0 Å². The normalized spacial score (nSPS) is 18.9. The van der Waals surface area contributed by atoms with Crippen molar-refractivity contribution in [1.29, 1.82) is 0 Å². The molecule has 8 nitrogen and oxygen atoms in total. The van der Waals surface area contributed by atoms with E-state index in [4.69, 9.17) is 9.47 Å². The first-order chi connectivity index (χ1) is 9.22. The molecule has 19 heavy (non-hydrogen) atoms. The minimum Gasteiger partial charge on any atom is -0.470 e. The molecule has 1 aromatic heterocycles. The number of ether oxygens (including phenoxy) is 2. The van der Waals surface area contributed by atoms with Crippen LogP contribution in [0.1, 0.15) is 19.3 Å². The Hall–Kier alpha value is -1.96. The van der Waals surface area contributed by atoms with Gasteiger partial charge in [-0.15, -0.1) is 0 Å². The van der Waals surface area contributed by atoms with Gasteiger partial charge in [-0.25, -0.2) is 4.98 Å². The van der Waals surface area contributed by atoms with Gasteiger partial charge in [0.2, 0.25) is 5.82 Å². The van der Waals surface area contributed by atoms with Crippen molar-refractivity contribution in [3.8, 4) is 5.88 Å². The monoisotopic (exact) mass is 268 g/mol. The molecule has 1 fully saturated rings. The first-order valence-electron chi connectivity index (χ1n) is 6.14. The molecule has 104 valence electrons. The van der Waals surface area contributed by atoms with Gasteiger partial charge in [0, 0.05) is 13.7 Å². The van der Waals surface area contributed by atoms with E-state index in [1.165, 1.54) is 6.33 Å². The van der Waals surface area contributed by atoms with Gasteiger partial charge in [-0.1, -0.05) is 0 Å². The van der Waals surface area contributed by atoms with Crippen molar-refractivity contribution in [3.05, 3.63) is 16.4 Å². The van der Waals surface area contributed by atoms with Crippen molar-refractivity contribution in [1.82, 2.24) is 9.97 Å². The molecule has 8 heteroatoms. The van der Waals surface area contributed by atoms with Crippen molar-refractivity contribution in [2.75, 3.05) is 25.6 Å². The van der Waals surface area contributed by atoms with Crippen LogP contribution in [-0.2, 0) is 4.74 Å². The van der Waals surface area contributed by atoms with Crippen LogP contribution in [0, 0.1) is 10.1 Å². The summed E-state index contributed by atoms with van der Waals surface area (Å²) in [5, 5.41) is 13.7. The zero-order valence-electron chi connectivity index (χ0n) is 10.7. The molecule has 2 rings (SSSR count). The van der Waals surface area contributed by atoms with Crippen LogP contribution in [0.15, 0.2) is 6.33 Å². The predicted molar refractivity (Wildman–Crippen MR) is 67.3 cm³/mol. The molecule has 1 unspecified atom stereocenters. The second-order valence-electron chi connectivity index (χ2n) is 4.18. The molecule has 1 atom stereocenters. The molecule has 0 radical (unpaired) electrons. The van der Waals surface area contributed by atoms with Gasteiger partial charge in [-0.2, -0.15) is 4.98 Å². The average Bonchev–Trinajstić information content (AvgIpc) is 2.45. The third-order valence-electron chi connectivity index (χ3n) is 2.89. The average molecular weight is 268 g/mol. The van der Waals surface area contributed by atoms with Crippen molar-refractivity contribution in [2.24, 2.45) is 0 Å². The molecule has 1 aromatic rings. The molecule has 0 amide bonds. The molecule has 1 aliphatic heterocycles. The highest BCUT2D eigenvalue weighted by Crippen LogP contribution is 2.30. The molecule has 0 saturated carbocycles. The number of anilines is 1. The fraction of sp³-hybridized carbons (Fsp3) is 0.636. The van der Waals surface area contributed by atoms with Gasteiger partial charge in [0.1, 0.15) is 12.9 Å². The van der Waals surface area contributed by atoms with E-state index in [1.807, 2.05) is 0 Å². The molecule has 1 N–H and O–H groups in total. The Morgan fingerprint density at radius 1 is 1.58 bits per heavy atom. The zero-order valence-corrected chi connectivity index (χ0v) is 10.7. The van der Waals surface area contributed by atoms with E-state index < -0.39 is 4.92 Å². The first-order valence-corrected chi connectivity index (χ1v) is 6.14. The lowest BCUT2D eigenvalue weighted by molar-refractivity contribution is -0.385. The fourth-order valence-electron chi connectivity index (χ4n) is 1.93. The summed E-state index contributed by atoms with van der Waals surface area (Å²) in [4.78, 5) is 18.1. The number of aromatic nitrogens is 2. The van der Waals surface area contributed by atoms with Gasteiger partial charge in [0.05, 0.1) is 11.0 Å². The summed E-state index contributed by atoms with van der Waals surface area (Å²) in [5.41, 5.74) is -0.249. The number of hydrogen-bond acceptors (Lipinski definition) is 7. The third-order valence-corrected chi connectivity index (χ3v) is 2.89. The van der Waals surface area contributed by atoms with Gasteiger partial charge >= 0.3 is 5.69 Å². The summed E-state index contributed by atoms with van der Waals surface area (Å²) >= 11 is 0. The molecular weight excluding hydrogens is 252 g/mol. The third kappa shape index (κ3) is 3.28. The molecular formula is C11H16N4O4. The standard InChI is InChI=1S/C11H16N4O4/c1-12-10-9(15(16)17)11(14-7-13-10)19-6-8-4-2-3-5-18-8/h7-8H,2-6H2,1H3,(H,12,13,14). The van der Waals surface area contributed by atoms with Crippen LogP contribution in [0.4, 0.5) is 11.5 Å². The number of rotatable bonds is 5. The van der Waals surface area contributed by atoms with Gasteiger partial charge in [-0.05, 0) is 19.3 Å². The molecule has 1 saturated heterocycles. The fourth-order valence-corrected chi connectivity index (χ4v) is 1.93. The van der Waals surface area contributed by atoms with Crippen molar-refractivity contribution >= 4 is 11.5 Å². The molecule has 0 spiro atoms. The molecule has 0 aliphatic carbocycles. The second kappa shape index (κ2) is 6.28. The Labute approximate surface area is 110 Å². The highest BCUT2D eigenvalue weighted by atomic mass is 16.6. The smallest absolute Gasteiger partial charge is 0.372 e. The van der Waals surface area contributed by atoms with E-state index in [1.54, 1.807) is 7.05 Å². The SMILES string of the molecule is CNc1ncnc(OCC2CCCCO2)c1[N+](=O)[O-]. The lowest BCUT2D eigenvalue weighted by Crippen LogP contribution is -2.26. The second-order valence-corrected chi connectivity index (χ2v) is 4.18. The molecule has 0 aromatic carbocycles. The Morgan fingerprint density at radius 3 is 3.05 bits per heavy atom.